The first kappa shape index (κ1) is 14.7. The minimum absolute atomic E-state index is 0.0290. The van der Waals surface area contributed by atoms with Gasteiger partial charge in [-0.1, -0.05) is 24.3 Å². The van der Waals surface area contributed by atoms with Gasteiger partial charge in [-0.3, -0.25) is 10.1 Å². The van der Waals surface area contributed by atoms with Crippen LogP contribution in [0.2, 0.25) is 0 Å². The largest absolute Gasteiger partial charge is 0.465 e. The molecule has 2 aliphatic carbocycles. The number of nitrogens with one attached hydrogen (secondary N) is 1. The summed E-state index contributed by atoms with van der Waals surface area (Å²) in [4.78, 5) is 22.3. The third-order valence-corrected chi connectivity index (χ3v) is 4.97. The summed E-state index contributed by atoms with van der Waals surface area (Å²) in [6.07, 6.45) is 1.05. The molecule has 4 rings (SSSR count). The molecular formula is C18H16N2O4. The van der Waals surface area contributed by atoms with Gasteiger partial charge in [-0.05, 0) is 35.6 Å². The monoisotopic (exact) mass is 324 g/mol. The van der Waals surface area contributed by atoms with E-state index < -0.39 is 10.9 Å². The quantitative estimate of drug-likeness (QED) is 0.531. The van der Waals surface area contributed by atoms with E-state index in [0.717, 1.165) is 6.42 Å². The van der Waals surface area contributed by atoms with Crippen molar-refractivity contribution in [1.82, 2.24) is 0 Å². The van der Waals surface area contributed by atoms with E-state index in [1.165, 1.54) is 30.4 Å². The minimum atomic E-state index is -0.702. The van der Waals surface area contributed by atoms with Gasteiger partial charge in [0.2, 0.25) is 0 Å². The van der Waals surface area contributed by atoms with Gasteiger partial charge in [0.25, 0.3) is 5.69 Å². The van der Waals surface area contributed by atoms with Crippen LogP contribution in [0.3, 0.4) is 0 Å². The second kappa shape index (κ2) is 5.33. The van der Waals surface area contributed by atoms with E-state index in [-0.39, 0.29) is 11.3 Å². The lowest BCUT2D eigenvalue weighted by atomic mass is 10.0. The topological polar surface area (TPSA) is 81.5 Å². The third kappa shape index (κ3) is 2.22. The number of hydrogen-bond acceptors (Lipinski definition) is 5. The Morgan fingerprint density at radius 2 is 2.08 bits per heavy atom. The molecule has 24 heavy (non-hydrogen) atoms. The van der Waals surface area contributed by atoms with Crippen LogP contribution in [0.15, 0.2) is 42.5 Å². The van der Waals surface area contributed by atoms with Crippen LogP contribution in [0, 0.1) is 16.0 Å². The normalized spacial score (nSPS) is 23.1. The molecule has 3 unspecified atom stereocenters. The summed E-state index contributed by atoms with van der Waals surface area (Å²) in [5.74, 6) is 0.337. The first-order valence-corrected chi connectivity index (χ1v) is 7.81. The average Bonchev–Trinajstić information content (AvgIpc) is 3.10. The van der Waals surface area contributed by atoms with Crippen molar-refractivity contribution in [2.24, 2.45) is 5.92 Å². The summed E-state index contributed by atoms with van der Waals surface area (Å²) in [6, 6.07) is 13.3. The molecule has 0 bridgehead atoms. The van der Waals surface area contributed by atoms with E-state index in [4.69, 9.17) is 0 Å². The molecule has 1 N–H and O–H groups in total. The second-order valence-electron chi connectivity index (χ2n) is 6.24. The number of benzene rings is 2. The number of esters is 1. The van der Waals surface area contributed by atoms with Crippen LogP contribution in [-0.4, -0.2) is 24.0 Å². The Balaban J connectivity index is 1.57. The Hall–Kier alpha value is -2.89. The van der Waals surface area contributed by atoms with Gasteiger partial charge < -0.3 is 10.1 Å². The maximum atomic E-state index is 11.8. The van der Waals surface area contributed by atoms with Crippen LogP contribution in [0.1, 0.15) is 27.4 Å². The fourth-order valence-corrected chi connectivity index (χ4v) is 3.80. The molecule has 0 heterocycles. The van der Waals surface area contributed by atoms with Crippen molar-refractivity contribution in [2.75, 3.05) is 12.4 Å². The molecule has 6 heteroatoms. The van der Waals surface area contributed by atoms with Gasteiger partial charge in [-0.2, -0.15) is 0 Å². The number of rotatable bonds is 4. The Kier molecular flexibility index (Phi) is 3.26. The van der Waals surface area contributed by atoms with E-state index in [2.05, 4.69) is 34.3 Å². The third-order valence-electron chi connectivity index (χ3n) is 4.97. The fraction of sp³-hybridized carbons (Fsp3) is 0.278. The number of carbonyl (C=O) groups excluding carboxylic acids is 1. The number of nitrogens with zero attached hydrogens (tertiary/aromatic N) is 1. The molecule has 2 aromatic rings. The number of anilines is 1. The maximum Gasteiger partial charge on any atom is 0.344 e. The highest BCUT2D eigenvalue weighted by atomic mass is 16.6. The second-order valence-corrected chi connectivity index (χ2v) is 6.24. The van der Waals surface area contributed by atoms with Crippen LogP contribution in [0.5, 0.6) is 0 Å². The van der Waals surface area contributed by atoms with Gasteiger partial charge in [0.15, 0.2) is 0 Å². The Morgan fingerprint density at radius 1 is 1.29 bits per heavy atom. The lowest BCUT2D eigenvalue weighted by Gasteiger charge is -2.11. The van der Waals surface area contributed by atoms with Gasteiger partial charge in [-0.25, -0.2) is 4.79 Å². The fourth-order valence-electron chi connectivity index (χ4n) is 3.80. The molecule has 1 fully saturated rings. The number of ether oxygens (including phenoxy) is 1. The van der Waals surface area contributed by atoms with Gasteiger partial charge in [-0.15, -0.1) is 0 Å². The number of nitro benzene ring substituents is 1. The molecule has 0 amide bonds. The summed E-state index contributed by atoms with van der Waals surface area (Å²) >= 11 is 0. The van der Waals surface area contributed by atoms with Crippen molar-refractivity contribution in [1.29, 1.82) is 0 Å². The first-order valence-electron chi connectivity index (χ1n) is 7.81. The lowest BCUT2D eigenvalue weighted by molar-refractivity contribution is -0.385. The van der Waals surface area contributed by atoms with E-state index in [1.54, 1.807) is 6.07 Å². The Morgan fingerprint density at radius 3 is 2.83 bits per heavy atom. The summed E-state index contributed by atoms with van der Waals surface area (Å²) in [7, 11) is 1.22. The molecule has 2 aromatic carbocycles. The van der Waals surface area contributed by atoms with Crippen molar-refractivity contribution in [3.8, 4) is 0 Å². The van der Waals surface area contributed by atoms with Gasteiger partial charge >= 0.3 is 5.97 Å². The Labute approximate surface area is 138 Å². The zero-order valence-corrected chi connectivity index (χ0v) is 13.1. The average molecular weight is 324 g/mol. The highest BCUT2D eigenvalue weighted by Crippen LogP contribution is 2.57. The van der Waals surface area contributed by atoms with E-state index >= 15 is 0 Å². The number of nitro groups is 1. The van der Waals surface area contributed by atoms with Gasteiger partial charge in [0.1, 0.15) is 5.56 Å². The summed E-state index contributed by atoms with van der Waals surface area (Å²) < 4.78 is 4.65. The van der Waals surface area contributed by atoms with E-state index in [9.17, 15) is 14.9 Å². The molecule has 3 atom stereocenters. The lowest BCUT2D eigenvalue weighted by Crippen LogP contribution is -2.11. The smallest absolute Gasteiger partial charge is 0.344 e. The van der Waals surface area contributed by atoms with E-state index in [1.807, 2.05) is 0 Å². The van der Waals surface area contributed by atoms with Crippen molar-refractivity contribution >= 4 is 17.3 Å². The number of hydrogen-bond donors (Lipinski definition) is 1. The molecule has 0 saturated heterocycles. The molecule has 0 spiro atoms. The first-order chi connectivity index (χ1) is 11.6. The molecule has 0 aliphatic heterocycles. The van der Waals surface area contributed by atoms with Gasteiger partial charge in [0, 0.05) is 23.7 Å². The van der Waals surface area contributed by atoms with Crippen LogP contribution in [-0.2, 0) is 11.2 Å². The molecule has 0 aromatic heterocycles. The molecule has 6 nitrogen and oxygen atoms in total. The minimum Gasteiger partial charge on any atom is -0.465 e. The predicted molar refractivity (Wildman–Crippen MR) is 88.2 cm³/mol. The SMILES string of the molecule is COC(=O)c1cc(NC2C3Cc4ccccc4C32)ccc1[N+](=O)[O-]. The summed E-state index contributed by atoms with van der Waals surface area (Å²) in [5.41, 5.74) is 3.23. The standard InChI is InChI=1S/C18H16N2O4/c1-24-18(21)13-9-11(6-7-15(13)20(22)23)19-17-14-8-10-4-2-3-5-12(10)16(14)17/h2-7,9,14,16-17,19H,8H2,1H3. The molecular weight excluding hydrogens is 308 g/mol. The van der Waals surface area contributed by atoms with E-state index in [0.29, 0.717) is 23.6 Å². The summed E-state index contributed by atoms with van der Waals surface area (Å²) in [5, 5.41) is 14.5. The van der Waals surface area contributed by atoms with Crippen molar-refractivity contribution < 1.29 is 14.5 Å². The zero-order chi connectivity index (χ0) is 16.8. The zero-order valence-electron chi connectivity index (χ0n) is 13.1. The highest BCUT2D eigenvalue weighted by Gasteiger charge is 2.55. The van der Waals surface area contributed by atoms with Crippen LogP contribution in [0.25, 0.3) is 0 Å². The molecule has 2 aliphatic rings. The van der Waals surface area contributed by atoms with Crippen LogP contribution < -0.4 is 5.32 Å². The highest BCUT2D eigenvalue weighted by molar-refractivity contribution is 5.95. The summed E-state index contributed by atoms with van der Waals surface area (Å²) in [6.45, 7) is 0. The number of fused-ring (bicyclic) bond motifs is 3. The van der Waals surface area contributed by atoms with Gasteiger partial charge in [0.05, 0.1) is 12.0 Å². The number of methoxy groups -OCH3 is 1. The Bertz CT molecular complexity index is 849. The van der Waals surface area contributed by atoms with Crippen LogP contribution in [0.4, 0.5) is 11.4 Å². The molecule has 122 valence electrons. The molecule has 1 saturated carbocycles. The van der Waals surface area contributed by atoms with Crippen molar-refractivity contribution in [3.63, 3.8) is 0 Å². The van der Waals surface area contributed by atoms with Crippen molar-refractivity contribution in [3.05, 3.63) is 69.3 Å². The maximum absolute atomic E-state index is 11.8. The predicted octanol–water partition coefficient (Wildman–Crippen LogP) is 3.13. The number of carbonyl (C=O) groups is 1. The van der Waals surface area contributed by atoms with Crippen molar-refractivity contribution in [2.45, 2.75) is 18.4 Å². The van der Waals surface area contributed by atoms with Crippen LogP contribution >= 0.6 is 0 Å². The molecule has 0 radical (unpaired) electrons.